The van der Waals surface area contributed by atoms with Crippen molar-refractivity contribution in [2.45, 2.75) is 25.5 Å². The summed E-state index contributed by atoms with van der Waals surface area (Å²) >= 11 is 1.35. The van der Waals surface area contributed by atoms with Gasteiger partial charge in [0.1, 0.15) is 4.88 Å². The molecule has 1 aromatic rings. The van der Waals surface area contributed by atoms with E-state index >= 15 is 0 Å². The molecular formula is C12H19N3O3S. The largest absolute Gasteiger partial charge is 0.462 e. The van der Waals surface area contributed by atoms with Gasteiger partial charge in [-0.25, -0.2) is 9.78 Å². The predicted octanol–water partition coefficient (Wildman–Crippen LogP) is 0.872. The summed E-state index contributed by atoms with van der Waals surface area (Å²) in [7, 11) is 1.67. The maximum Gasteiger partial charge on any atom is 0.350 e. The average molecular weight is 285 g/mol. The Hall–Kier alpha value is -1.18. The van der Waals surface area contributed by atoms with Crippen LogP contribution in [0.25, 0.3) is 0 Å². The van der Waals surface area contributed by atoms with Crippen LogP contribution in [0, 0.1) is 0 Å². The second-order valence-corrected chi connectivity index (χ2v) is 5.41. The number of methoxy groups -OCH3 is 1. The number of thiazole rings is 1. The van der Waals surface area contributed by atoms with E-state index in [-0.39, 0.29) is 18.1 Å². The number of hydrogen-bond acceptors (Lipinski definition) is 7. The van der Waals surface area contributed by atoms with Gasteiger partial charge in [0, 0.05) is 26.2 Å². The Bertz CT molecular complexity index is 438. The van der Waals surface area contributed by atoms with Crippen molar-refractivity contribution in [3.8, 4) is 0 Å². The van der Waals surface area contributed by atoms with Gasteiger partial charge in [-0.3, -0.25) is 0 Å². The Morgan fingerprint density at radius 1 is 1.68 bits per heavy atom. The van der Waals surface area contributed by atoms with Crippen LogP contribution >= 0.6 is 11.3 Å². The van der Waals surface area contributed by atoms with Crippen LogP contribution in [-0.2, 0) is 9.47 Å². The van der Waals surface area contributed by atoms with Crippen LogP contribution in [0.5, 0.6) is 0 Å². The second kappa shape index (κ2) is 6.31. The van der Waals surface area contributed by atoms with Gasteiger partial charge in [0.25, 0.3) is 0 Å². The van der Waals surface area contributed by atoms with Crippen molar-refractivity contribution in [3.05, 3.63) is 11.1 Å². The molecule has 0 saturated carbocycles. The van der Waals surface area contributed by atoms with Gasteiger partial charge in [-0.05, 0) is 13.3 Å². The lowest BCUT2D eigenvalue weighted by molar-refractivity contribution is 0.0532. The van der Waals surface area contributed by atoms with Crippen molar-refractivity contribution < 1.29 is 14.3 Å². The number of carbonyl (C=O) groups excluding carboxylic acids is 1. The number of aromatic nitrogens is 1. The first kappa shape index (κ1) is 14.2. The van der Waals surface area contributed by atoms with Crippen molar-refractivity contribution >= 4 is 22.4 Å². The van der Waals surface area contributed by atoms with E-state index in [1.807, 2.05) is 0 Å². The highest BCUT2D eigenvalue weighted by atomic mass is 32.1. The molecule has 0 spiro atoms. The lowest BCUT2D eigenvalue weighted by Gasteiger charge is -2.35. The lowest BCUT2D eigenvalue weighted by atomic mass is 10.0. The zero-order chi connectivity index (χ0) is 13.8. The number of hydrogen-bond donors (Lipinski definition) is 1. The molecule has 19 heavy (non-hydrogen) atoms. The van der Waals surface area contributed by atoms with Crippen LogP contribution in [0.1, 0.15) is 23.0 Å². The number of esters is 1. The van der Waals surface area contributed by atoms with Gasteiger partial charge in [0.2, 0.25) is 0 Å². The highest BCUT2D eigenvalue weighted by molar-refractivity contribution is 7.17. The Balaban J connectivity index is 2.04. The number of anilines is 1. The first-order chi connectivity index (χ1) is 9.15. The summed E-state index contributed by atoms with van der Waals surface area (Å²) < 4.78 is 10.3. The third-order valence-corrected chi connectivity index (χ3v) is 4.19. The fraction of sp³-hybridized carbons (Fsp3) is 0.667. The summed E-state index contributed by atoms with van der Waals surface area (Å²) in [5.41, 5.74) is 5.98. The molecule has 1 fully saturated rings. The number of ether oxygens (including phenoxy) is 2. The highest BCUT2D eigenvalue weighted by Gasteiger charge is 2.28. The molecule has 2 rings (SSSR count). The molecule has 1 saturated heterocycles. The van der Waals surface area contributed by atoms with Crippen LogP contribution in [0.4, 0.5) is 5.13 Å². The summed E-state index contributed by atoms with van der Waals surface area (Å²) in [4.78, 5) is 18.5. The molecule has 1 aliphatic heterocycles. The number of nitrogens with two attached hydrogens (primary N) is 1. The van der Waals surface area contributed by atoms with E-state index in [2.05, 4.69) is 9.88 Å². The third kappa shape index (κ3) is 3.23. The zero-order valence-corrected chi connectivity index (χ0v) is 12.0. The summed E-state index contributed by atoms with van der Waals surface area (Å²) in [6.45, 7) is 3.69. The quantitative estimate of drug-likeness (QED) is 0.827. The number of rotatable bonds is 4. The SMILES string of the molecule is CCOC(=O)c1cnc(N2CC[C@H](N)[C@H](OC)C2)s1. The van der Waals surface area contributed by atoms with E-state index in [9.17, 15) is 4.79 Å². The molecule has 0 unspecified atom stereocenters. The average Bonchev–Trinajstić information content (AvgIpc) is 2.89. The van der Waals surface area contributed by atoms with Crippen LogP contribution < -0.4 is 10.6 Å². The first-order valence-corrected chi connectivity index (χ1v) is 7.13. The van der Waals surface area contributed by atoms with E-state index < -0.39 is 0 Å². The van der Waals surface area contributed by atoms with E-state index in [0.717, 1.165) is 18.1 Å². The third-order valence-electron chi connectivity index (χ3n) is 3.15. The van der Waals surface area contributed by atoms with Crippen molar-refractivity contribution in [2.75, 3.05) is 31.7 Å². The van der Waals surface area contributed by atoms with Gasteiger partial charge < -0.3 is 20.1 Å². The van der Waals surface area contributed by atoms with Gasteiger partial charge in [0.05, 0.1) is 18.9 Å². The minimum absolute atomic E-state index is 0.00342. The van der Waals surface area contributed by atoms with Gasteiger partial charge in [0.15, 0.2) is 5.13 Å². The second-order valence-electron chi connectivity index (χ2n) is 4.40. The smallest absolute Gasteiger partial charge is 0.350 e. The lowest BCUT2D eigenvalue weighted by Crippen LogP contribution is -2.51. The Kier molecular flexibility index (Phi) is 4.73. The summed E-state index contributed by atoms with van der Waals surface area (Å²) in [6.07, 6.45) is 2.42. The molecule has 6 nitrogen and oxygen atoms in total. The summed E-state index contributed by atoms with van der Waals surface area (Å²) in [5.74, 6) is -0.316. The monoisotopic (exact) mass is 285 g/mol. The normalized spacial score (nSPS) is 23.4. The fourth-order valence-corrected chi connectivity index (χ4v) is 2.91. The highest BCUT2D eigenvalue weighted by Crippen LogP contribution is 2.26. The molecule has 0 radical (unpaired) electrons. The molecule has 0 aliphatic carbocycles. The van der Waals surface area contributed by atoms with E-state index in [1.165, 1.54) is 11.3 Å². The van der Waals surface area contributed by atoms with Gasteiger partial charge in [-0.1, -0.05) is 11.3 Å². The Morgan fingerprint density at radius 3 is 3.16 bits per heavy atom. The van der Waals surface area contributed by atoms with Gasteiger partial charge in [-0.2, -0.15) is 0 Å². The van der Waals surface area contributed by atoms with Crippen LogP contribution in [0.3, 0.4) is 0 Å². The van der Waals surface area contributed by atoms with Crippen LogP contribution in [0.15, 0.2) is 6.20 Å². The molecule has 1 aliphatic rings. The molecule has 106 valence electrons. The summed E-state index contributed by atoms with van der Waals surface area (Å²) in [6, 6.07) is 0.0609. The Morgan fingerprint density at radius 2 is 2.47 bits per heavy atom. The molecule has 0 aromatic carbocycles. The van der Waals surface area contributed by atoms with Crippen molar-refractivity contribution in [3.63, 3.8) is 0 Å². The van der Waals surface area contributed by atoms with E-state index in [0.29, 0.717) is 18.0 Å². The topological polar surface area (TPSA) is 77.7 Å². The van der Waals surface area contributed by atoms with Gasteiger partial charge in [-0.15, -0.1) is 0 Å². The number of piperidine rings is 1. The standard InChI is InChI=1S/C12H19N3O3S/c1-3-18-11(16)10-6-14-12(19-10)15-5-4-8(13)9(7-15)17-2/h6,8-9H,3-5,7,13H2,1-2H3/t8-,9+/m0/s1. The van der Waals surface area contributed by atoms with Crippen molar-refractivity contribution in [1.29, 1.82) is 0 Å². The molecule has 7 heteroatoms. The molecular weight excluding hydrogens is 266 g/mol. The predicted molar refractivity (Wildman–Crippen MR) is 73.7 cm³/mol. The first-order valence-electron chi connectivity index (χ1n) is 6.32. The van der Waals surface area contributed by atoms with Crippen LogP contribution in [-0.4, -0.2) is 49.9 Å². The van der Waals surface area contributed by atoms with Crippen molar-refractivity contribution in [1.82, 2.24) is 4.98 Å². The Labute approximate surface area is 116 Å². The molecule has 2 atom stereocenters. The maximum absolute atomic E-state index is 11.6. The van der Waals surface area contributed by atoms with E-state index in [4.69, 9.17) is 15.2 Å². The van der Waals surface area contributed by atoms with Crippen molar-refractivity contribution in [2.24, 2.45) is 5.73 Å². The minimum Gasteiger partial charge on any atom is -0.462 e. The van der Waals surface area contributed by atoms with Crippen LogP contribution in [0.2, 0.25) is 0 Å². The molecule has 1 aromatic heterocycles. The zero-order valence-electron chi connectivity index (χ0n) is 11.2. The number of carbonyl (C=O) groups is 1. The minimum atomic E-state index is -0.316. The molecule has 0 amide bonds. The number of nitrogens with zero attached hydrogens (tertiary/aromatic N) is 2. The molecule has 2 N–H and O–H groups in total. The maximum atomic E-state index is 11.6. The van der Waals surface area contributed by atoms with E-state index in [1.54, 1.807) is 20.2 Å². The summed E-state index contributed by atoms with van der Waals surface area (Å²) in [5, 5.41) is 0.817. The van der Waals surface area contributed by atoms with Gasteiger partial charge >= 0.3 is 5.97 Å². The molecule has 2 heterocycles. The molecule has 0 bridgehead atoms. The fourth-order valence-electron chi connectivity index (χ4n) is 2.07.